The molecule has 1 aliphatic rings. The van der Waals surface area contributed by atoms with Gasteiger partial charge in [-0.05, 0) is 19.3 Å². The first kappa shape index (κ1) is 12.3. The number of aliphatic hydroxyl groups is 2. The maximum absolute atomic E-state index is 11.9. The third kappa shape index (κ3) is 3.35. The Hall–Kier alpha value is -0.820. The van der Waals surface area contributed by atoms with Crippen molar-refractivity contribution in [2.75, 3.05) is 0 Å². The Balaban J connectivity index is 2.44. The van der Waals surface area contributed by atoms with E-state index in [4.69, 9.17) is 5.11 Å². The number of rotatable bonds is 1. The lowest BCUT2D eigenvalue weighted by Gasteiger charge is -2.30. The van der Waals surface area contributed by atoms with Crippen LogP contribution in [0.3, 0.4) is 0 Å². The van der Waals surface area contributed by atoms with E-state index in [0.717, 1.165) is 0 Å². The van der Waals surface area contributed by atoms with Gasteiger partial charge >= 0.3 is 12.1 Å². The molecule has 0 heterocycles. The zero-order valence-corrected chi connectivity index (χ0v) is 7.79. The number of nitrogens with one attached hydrogen (secondary N) is 1. The molecule has 0 aromatic heterocycles. The van der Waals surface area contributed by atoms with Crippen molar-refractivity contribution in [3.63, 3.8) is 0 Å². The van der Waals surface area contributed by atoms with Crippen LogP contribution in [0, 0.1) is 0 Å². The highest BCUT2D eigenvalue weighted by molar-refractivity contribution is 5.81. The SMILES string of the molecule is O=C(N[C@@H]1CC[C@H](O)[C@H](O)C1)C(F)(F)F. The van der Waals surface area contributed by atoms with Crippen molar-refractivity contribution < 1.29 is 28.2 Å². The predicted molar refractivity (Wildman–Crippen MR) is 43.9 cm³/mol. The Kier molecular flexibility index (Phi) is 3.56. The van der Waals surface area contributed by atoms with Crippen molar-refractivity contribution in [3.8, 4) is 0 Å². The topological polar surface area (TPSA) is 69.6 Å². The van der Waals surface area contributed by atoms with Crippen molar-refractivity contribution >= 4 is 5.91 Å². The summed E-state index contributed by atoms with van der Waals surface area (Å²) >= 11 is 0. The Labute approximate surface area is 84.1 Å². The molecule has 0 bridgehead atoms. The van der Waals surface area contributed by atoms with Gasteiger partial charge in [0.2, 0.25) is 0 Å². The molecule has 1 aliphatic carbocycles. The number of aliphatic hydroxyl groups excluding tert-OH is 2. The van der Waals surface area contributed by atoms with Gasteiger partial charge in [-0.15, -0.1) is 0 Å². The third-order valence-corrected chi connectivity index (χ3v) is 2.37. The molecular weight excluding hydrogens is 215 g/mol. The molecule has 3 atom stereocenters. The number of halogens is 3. The third-order valence-electron chi connectivity index (χ3n) is 2.37. The van der Waals surface area contributed by atoms with E-state index in [-0.39, 0.29) is 19.3 Å². The van der Waals surface area contributed by atoms with Gasteiger partial charge in [0.15, 0.2) is 0 Å². The molecular formula is C8H12F3NO3. The van der Waals surface area contributed by atoms with Crippen molar-refractivity contribution in [2.24, 2.45) is 0 Å². The summed E-state index contributed by atoms with van der Waals surface area (Å²) in [7, 11) is 0. The average Bonchev–Trinajstić information content (AvgIpc) is 2.10. The van der Waals surface area contributed by atoms with E-state index in [1.165, 1.54) is 0 Å². The lowest BCUT2D eigenvalue weighted by molar-refractivity contribution is -0.175. The summed E-state index contributed by atoms with van der Waals surface area (Å²) in [5, 5.41) is 20.1. The summed E-state index contributed by atoms with van der Waals surface area (Å²) in [6.07, 6.45) is -6.52. The largest absolute Gasteiger partial charge is 0.471 e. The summed E-state index contributed by atoms with van der Waals surface area (Å²) in [5.74, 6) is -2.00. The molecule has 0 unspecified atom stereocenters. The van der Waals surface area contributed by atoms with E-state index in [0.29, 0.717) is 0 Å². The van der Waals surface area contributed by atoms with Gasteiger partial charge in [-0.1, -0.05) is 0 Å². The number of hydrogen-bond donors (Lipinski definition) is 3. The molecule has 0 aromatic rings. The second-order valence-corrected chi connectivity index (χ2v) is 3.62. The lowest BCUT2D eigenvalue weighted by Crippen LogP contribution is -2.48. The minimum absolute atomic E-state index is 0.0526. The fraction of sp³-hybridized carbons (Fsp3) is 0.875. The highest BCUT2D eigenvalue weighted by Crippen LogP contribution is 2.21. The zero-order valence-electron chi connectivity index (χ0n) is 7.79. The normalized spacial score (nSPS) is 32.5. The Morgan fingerprint density at radius 1 is 1.20 bits per heavy atom. The van der Waals surface area contributed by atoms with Crippen LogP contribution < -0.4 is 5.32 Å². The fourth-order valence-corrected chi connectivity index (χ4v) is 1.53. The quantitative estimate of drug-likeness (QED) is 0.587. The van der Waals surface area contributed by atoms with Gasteiger partial charge < -0.3 is 15.5 Å². The second-order valence-electron chi connectivity index (χ2n) is 3.62. The molecule has 1 amide bonds. The molecule has 0 radical (unpaired) electrons. The van der Waals surface area contributed by atoms with E-state index in [1.807, 2.05) is 0 Å². The number of alkyl halides is 3. The van der Waals surface area contributed by atoms with Crippen LogP contribution in [-0.2, 0) is 4.79 Å². The van der Waals surface area contributed by atoms with Crippen LogP contribution >= 0.6 is 0 Å². The molecule has 1 saturated carbocycles. The Bertz CT molecular complexity index is 244. The Morgan fingerprint density at radius 3 is 2.27 bits per heavy atom. The van der Waals surface area contributed by atoms with Crippen LogP contribution in [0.25, 0.3) is 0 Å². The summed E-state index contributed by atoms with van der Waals surface area (Å²) in [6.45, 7) is 0. The van der Waals surface area contributed by atoms with Crippen molar-refractivity contribution in [2.45, 2.75) is 43.7 Å². The van der Waals surface area contributed by atoms with E-state index in [9.17, 15) is 23.1 Å². The first-order valence-electron chi connectivity index (χ1n) is 4.54. The summed E-state index contributed by atoms with van der Waals surface area (Å²) in [4.78, 5) is 10.5. The minimum atomic E-state index is -4.90. The molecule has 3 N–H and O–H groups in total. The zero-order chi connectivity index (χ0) is 11.6. The maximum atomic E-state index is 11.9. The van der Waals surface area contributed by atoms with Crippen LogP contribution in [0.1, 0.15) is 19.3 Å². The van der Waals surface area contributed by atoms with E-state index < -0.39 is 30.3 Å². The molecule has 0 spiro atoms. The molecule has 0 saturated heterocycles. The highest BCUT2D eigenvalue weighted by Gasteiger charge is 2.40. The average molecular weight is 227 g/mol. The summed E-state index contributed by atoms with van der Waals surface area (Å²) in [6, 6.07) is -0.725. The number of carbonyl (C=O) groups excluding carboxylic acids is 1. The lowest BCUT2D eigenvalue weighted by atomic mass is 9.90. The molecule has 88 valence electrons. The van der Waals surface area contributed by atoms with Crippen molar-refractivity contribution in [3.05, 3.63) is 0 Å². The molecule has 7 heteroatoms. The van der Waals surface area contributed by atoms with Gasteiger partial charge in [0.25, 0.3) is 0 Å². The number of carbonyl (C=O) groups is 1. The first-order valence-corrected chi connectivity index (χ1v) is 4.54. The van der Waals surface area contributed by atoms with Crippen LogP contribution in [0.2, 0.25) is 0 Å². The minimum Gasteiger partial charge on any atom is -0.390 e. The van der Waals surface area contributed by atoms with Crippen LogP contribution in [0.15, 0.2) is 0 Å². The van der Waals surface area contributed by atoms with Crippen LogP contribution in [-0.4, -0.2) is 40.5 Å². The van der Waals surface area contributed by atoms with E-state index in [2.05, 4.69) is 0 Å². The van der Waals surface area contributed by atoms with Gasteiger partial charge in [-0.2, -0.15) is 13.2 Å². The molecule has 1 fully saturated rings. The monoisotopic (exact) mass is 227 g/mol. The summed E-state index contributed by atoms with van der Waals surface area (Å²) < 4.78 is 35.6. The fourth-order valence-electron chi connectivity index (χ4n) is 1.53. The number of hydrogen-bond acceptors (Lipinski definition) is 3. The van der Waals surface area contributed by atoms with Gasteiger partial charge in [0, 0.05) is 6.04 Å². The second kappa shape index (κ2) is 4.36. The molecule has 15 heavy (non-hydrogen) atoms. The van der Waals surface area contributed by atoms with Crippen LogP contribution in [0.5, 0.6) is 0 Å². The number of amides is 1. The van der Waals surface area contributed by atoms with E-state index >= 15 is 0 Å². The van der Waals surface area contributed by atoms with Crippen LogP contribution in [0.4, 0.5) is 13.2 Å². The van der Waals surface area contributed by atoms with Gasteiger partial charge in [0.1, 0.15) is 0 Å². The summed E-state index contributed by atoms with van der Waals surface area (Å²) in [5.41, 5.74) is 0. The maximum Gasteiger partial charge on any atom is 0.471 e. The molecule has 0 aliphatic heterocycles. The van der Waals surface area contributed by atoms with Gasteiger partial charge in [0.05, 0.1) is 12.2 Å². The van der Waals surface area contributed by atoms with Gasteiger partial charge in [-0.25, -0.2) is 0 Å². The van der Waals surface area contributed by atoms with Crippen molar-refractivity contribution in [1.29, 1.82) is 0 Å². The highest BCUT2D eigenvalue weighted by atomic mass is 19.4. The smallest absolute Gasteiger partial charge is 0.390 e. The molecule has 0 aromatic carbocycles. The molecule has 4 nitrogen and oxygen atoms in total. The predicted octanol–water partition coefficient (Wildman–Crippen LogP) is -0.0608. The first-order chi connectivity index (χ1) is 6.80. The van der Waals surface area contributed by atoms with E-state index in [1.54, 1.807) is 5.32 Å². The Morgan fingerprint density at radius 2 is 1.80 bits per heavy atom. The van der Waals surface area contributed by atoms with Gasteiger partial charge in [-0.3, -0.25) is 4.79 Å². The van der Waals surface area contributed by atoms with Crippen molar-refractivity contribution in [1.82, 2.24) is 5.32 Å². The molecule has 1 rings (SSSR count). The standard InChI is InChI=1S/C8H12F3NO3/c9-8(10,11)7(15)12-4-1-2-5(13)6(14)3-4/h4-6,13-14H,1-3H2,(H,12,15)/t4-,5+,6-/m1/s1.